The maximum atomic E-state index is 10.8. The fourth-order valence-corrected chi connectivity index (χ4v) is 1.29. The lowest BCUT2D eigenvalue weighted by atomic mass is 9.89. The van der Waals surface area contributed by atoms with Crippen LogP contribution in [0.3, 0.4) is 0 Å². The van der Waals surface area contributed by atoms with Crippen LogP contribution in [0.4, 0.5) is 0 Å². The fourth-order valence-electron chi connectivity index (χ4n) is 1.29. The molecule has 0 bridgehead atoms. The van der Waals surface area contributed by atoms with E-state index < -0.39 is 0 Å². The summed E-state index contributed by atoms with van der Waals surface area (Å²) in [5.41, 5.74) is 5.05. The standard InChI is InChI=1S/C10H22N2O/c1-8(2)5-6-10(3,12-4)7-9(11)13/h8,12H,5-7H2,1-4H3,(H2,11,13). The molecule has 1 atom stereocenters. The molecule has 0 aliphatic rings. The van der Waals surface area contributed by atoms with Crippen LogP contribution in [0, 0.1) is 5.92 Å². The molecule has 0 aromatic rings. The number of carbonyl (C=O) groups is 1. The molecule has 0 spiro atoms. The summed E-state index contributed by atoms with van der Waals surface area (Å²) >= 11 is 0. The zero-order valence-electron chi connectivity index (χ0n) is 9.18. The van der Waals surface area contributed by atoms with E-state index in [4.69, 9.17) is 5.73 Å². The minimum absolute atomic E-state index is 0.129. The van der Waals surface area contributed by atoms with Gasteiger partial charge in [0.05, 0.1) is 0 Å². The van der Waals surface area contributed by atoms with Crippen LogP contribution in [0.15, 0.2) is 0 Å². The highest BCUT2D eigenvalue weighted by molar-refractivity contribution is 5.75. The number of nitrogens with one attached hydrogen (secondary N) is 1. The van der Waals surface area contributed by atoms with Crippen LogP contribution in [0.25, 0.3) is 0 Å². The Kier molecular flexibility index (Phi) is 4.99. The Morgan fingerprint density at radius 2 is 2.08 bits per heavy atom. The van der Waals surface area contributed by atoms with Crippen LogP contribution < -0.4 is 11.1 Å². The predicted molar refractivity (Wildman–Crippen MR) is 55.3 cm³/mol. The predicted octanol–water partition coefficient (Wildman–Crippen LogP) is 1.28. The van der Waals surface area contributed by atoms with Gasteiger partial charge in [-0.3, -0.25) is 4.79 Å². The van der Waals surface area contributed by atoms with E-state index >= 15 is 0 Å². The molecule has 0 rings (SSSR count). The summed E-state index contributed by atoms with van der Waals surface area (Å²) in [6, 6.07) is 0. The van der Waals surface area contributed by atoms with Gasteiger partial charge in [-0.15, -0.1) is 0 Å². The third kappa shape index (κ3) is 5.64. The van der Waals surface area contributed by atoms with Crippen LogP contribution in [0.1, 0.15) is 40.0 Å². The smallest absolute Gasteiger partial charge is 0.219 e. The van der Waals surface area contributed by atoms with E-state index in [9.17, 15) is 4.79 Å². The van der Waals surface area contributed by atoms with Crippen molar-refractivity contribution in [2.75, 3.05) is 7.05 Å². The number of hydrogen-bond acceptors (Lipinski definition) is 2. The number of carbonyl (C=O) groups excluding carboxylic acids is 1. The maximum absolute atomic E-state index is 10.8. The van der Waals surface area contributed by atoms with E-state index in [-0.39, 0.29) is 11.4 Å². The monoisotopic (exact) mass is 186 g/mol. The van der Waals surface area contributed by atoms with Crippen molar-refractivity contribution in [3.05, 3.63) is 0 Å². The van der Waals surface area contributed by atoms with E-state index in [2.05, 4.69) is 19.2 Å². The highest BCUT2D eigenvalue weighted by atomic mass is 16.1. The Bertz CT molecular complexity index is 168. The first-order chi connectivity index (χ1) is 5.89. The summed E-state index contributed by atoms with van der Waals surface area (Å²) in [5, 5.41) is 3.16. The normalized spacial score (nSPS) is 15.8. The SMILES string of the molecule is CNC(C)(CCC(C)C)CC(N)=O. The van der Waals surface area contributed by atoms with E-state index in [0.29, 0.717) is 12.3 Å². The largest absolute Gasteiger partial charge is 0.370 e. The lowest BCUT2D eigenvalue weighted by Gasteiger charge is -2.28. The van der Waals surface area contributed by atoms with Gasteiger partial charge < -0.3 is 11.1 Å². The first kappa shape index (κ1) is 12.4. The molecule has 3 N–H and O–H groups in total. The van der Waals surface area contributed by atoms with Crippen molar-refractivity contribution in [3.8, 4) is 0 Å². The van der Waals surface area contributed by atoms with Crippen molar-refractivity contribution in [2.45, 2.75) is 45.6 Å². The van der Waals surface area contributed by atoms with Gasteiger partial charge in [-0.1, -0.05) is 13.8 Å². The van der Waals surface area contributed by atoms with Crippen LogP contribution in [0.5, 0.6) is 0 Å². The molecule has 0 radical (unpaired) electrons. The van der Waals surface area contributed by atoms with E-state index in [0.717, 1.165) is 12.8 Å². The van der Waals surface area contributed by atoms with Crippen LogP contribution >= 0.6 is 0 Å². The molecule has 0 aliphatic heterocycles. The van der Waals surface area contributed by atoms with Gasteiger partial charge in [-0.2, -0.15) is 0 Å². The maximum Gasteiger partial charge on any atom is 0.219 e. The summed E-state index contributed by atoms with van der Waals surface area (Å²) in [7, 11) is 1.88. The number of hydrogen-bond donors (Lipinski definition) is 2. The zero-order chi connectivity index (χ0) is 10.5. The molecule has 0 aromatic carbocycles. The number of amides is 1. The lowest BCUT2D eigenvalue weighted by Crippen LogP contribution is -2.43. The highest BCUT2D eigenvalue weighted by Crippen LogP contribution is 2.19. The van der Waals surface area contributed by atoms with Crippen molar-refractivity contribution >= 4 is 5.91 Å². The number of primary amides is 1. The third-order valence-corrected chi connectivity index (χ3v) is 2.44. The molecule has 3 nitrogen and oxygen atoms in total. The van der Waals surface area contributed by atoms with Gasteiger partial charge in [0.1, 0.15) is 0 Å². The molecule has 13 heavy (non-hydrogen) atoms. The quantitative estimate of drug-likeness (QED) is 0.656. The Morgan fingerprint density at radius 3 is 2.38 bits per heavy atom. The van der Waals surface area contributed by atoms with E-state index in [1.54, 1.807) is 0 Å². The summed E-state index contributed by atoms with van der Waals surface area (Å²) in [4.78, 5) is 10.8. The Hall–Kier alpha value is -0.570. The van der Waals surface area contributed by atoms with Gasteiger partial charge in [0, 0.05) is 12.0 Å². The summed E-state index contributed by atoms with van der Waals surface area (Å²) < 4.78 is 0. The molecular weight excluding hydrogens is 164 g/mol. The van der Waals surface area contributed by atoms with Crippen molar-refractivity contribution in [1.82, 2.24) is 5.32 Å². The minimum Gasteiger partial charge on any atom is -0.370 e. The molecule has 78 valence electrons. The average Bonchev–Trinajstić information content (AvgIpc) is 2.00. The molecule has 0 saturated heterocycles. The lowest BCUT2D eigenvalue weighted by molar-refractivity contribution is -0.119. The molecule has 0 heterocycles. The van der Waals surface area contributed by atoms with Crippen LogP contribution in [-0.2, 0) is 4.79 Å². The fraction of sp³-hybridized carbons (Fsp3) is 0.900. The van der Waals surface area contributed by atoms with Gasteiger partial charge in [0.2, 0.25) is 5.91 Å². The van der Waals surface area contributed by atoms with Gasteiger partial charge in [0.25, 0.3) is 0 Å². The van der Waals surface area contributed by atoms with E-state index in [1.165, 1.54) is 0 Å². The molecule has 0 fully saturated rings. The van der Waals surface area contributed by atoms with Crippen LogP contribution in [0.2, 0.25) is 0 Å². The molecule has 3 heteroatoms. The van der Waals surface area contributed by atoms with Crippen molar-refractivity contribution in [3.63, 3.8) is 0 Å². The molecule has 0 aliphatic carbocycles. The second-order valence-electron chi connectivity index (χ2n) is 4.39. The molecular formula is C10H22N2O. The first-order valence-electron chi connectivity index (χ1n) is 4.87. The summed E-state index contributed by atoms with van der Waals surface area (Å²) in [6.07, 6.45) is 2.52. The van der Waals surface area contributed by atoms with Gasteiger partial charge in [-0.25, -0.2) is 0 Å². The van der Waals surface area contributed by atoms with Crippen molar-refractivity contribution in [2.24, 2.45) is 11.7 Å². The van der Waals surface area contributed by atoms with Crippen molar-refractivity contribution < 1.29 is 4.79 Å². The molecule has 1 amide bonds. The number of rotatable bonds is 6. The van der Waals surface area contributed by atoms with Crippen LogP contribution in [-0.4, -0.2) is 18.5 Å². The summed E-state index contributed by atoms with van der Waals surface area (Å²) in [6.45, 7) is 6.40. The first-order valence-corrected chi connectivity index (χ1v) is 4.87. The zero-order valence-corrected chi connectivity index (χ0v) is 9.18. The highest BCUT2D eigenvalue weighted by Gasteiger charge is 2.24. The Balaban J connectivity index is 4.03. The number of nitrogens with two attached hydrogens (primary N) is 1. The third-order valence-electron chi connectivity index (χ3n) is 2.44. The van der Waals surface area contributed by atoms with E-state index in [1.807, 2.05) is 14.0 Å². The average molecular weight is 186 g/mol. The molecule has 0 saturated carbocycles. The summed E-state index contributed by atoms with van der Waals surface area (Å²) in [5.74, 6) is 0.432. The Morgan fingerprint density at radius 1 is 1.54 bits per heavy atom. The van der Waals surface area contributed by atoms with Gasteiger partial charge in [0.15, 0.2) is 0 Å². The Labute approximate surface area is 81.1 Å². The second kappa shape index (κ2) is 5.22. The van der Waals surface area contributed by atoms with Gasteiger partial charge in [-0.05, 0) is 32.7 Å². The van der Waals surface area contributed by atoms with Crippen molar-refractivity contribution in [1.29, 1.82) is 0 Å². The topological polar surface area (TPSA) is 55.1 Å². The minimum atomic E-state index is -0.236. The van der Waals surface area contributed by atoms with Gasteiger partial charge >= 0.3 is 0 Å². The molecule has 1 unspecified atom stereocenters. The molecule has 0 aromatic heterocycles. The second-order valence-corrected chi connectivity index (χ2v) is 4.39.